The predicted molar refractivity (Wildman–Crippen MR) is 127 cm³/mol. The minimum absolute atomic E-state index is 0.000669. The lowest BCUT2D eigenvalue weighted by Gasteiger charge is -2.08. The lowest BCUT2D eigenvalue weighted by atomic mass is 9.97. The number of aromatic nitrogens is 2. The van der Waals surface area contributed by atoms with Crippen LogP contribution < -0.4 is 11.5 Å². The minimum atomic E-state index is -0.605. The Balaban J connectivity index is 1.47. The van der Waals surface area contributed by atoms with Gasteiger partial charge in [0, 0.05) is 24.4 Å². The van der Waals surface area contributed by atoms with E-state index < -0.39 is 5.91 Å². The maximum atomic E-state index is 12.7. The number of nitrogens with zero attached hydrogens (tertiary/aromatic N) is 2. The van der Waals surface area contributed by atoms with Crippen molar-refractivity contribution in [2.24, 2.45) is 5.73 Å². The van der Waals surface area contributed by atoms with Crippen molar-refractivity contribution in [3.63, 3.8) is 0 Å². The molecule has 1 saturated carbocycles. The number of primary amides is 1. The molecule has 0 spiro atoms. The van der Waals surface area contributed by atoms with E-state index in [0.717, 1.165) is 22.6 Å². The van der Waals surface area contributed by atoms with E-state index >= 15 is 0 Å². The Morgan fingerprint density at radius 1 is 1.06 bits per heavy atom. The number of amides is 1. The average Bonchev–Trinajstić information content (AvgIpc) is 3.50. The second-order valence-corrected chi connectivity index (χ2v) is 9.07. The standard InChI is InChI=1S/C26H30N4O2/c1-15(2)30-25(27)23(26(28)32)24(29-30)20-7-4-17(5-8-20)13-21(31)14-18-6-11-22(16(3)12-18)19-9-10-19/h4-8,11-12,15,19H,9-10,13-14,27H2,1-3H3,(H2,28,32). The molecule has 6 heteroatoms. The van der Waals surface area contributed by atoms with Gasteiger partial charge in [0.15, 0.2) is 0 Å². The van der Waals surface area contributed by atoms with Gasteiger partial charge in [0.1, 0.15) is 22.9 Å². The molecule has 32 heavy (non-hydrogen) atoms. The maximum Gasteiger partial charge on any atom is 0.254 e. The fourth-order valence-corrected chi connectivity index (χ4v) is 4.28. The van der Waals surface area contributed by atoms with E-state index in [1.165, 1.54) is 24.0 Å². The summed E-state index contributed by atoms with van der Waals surface area (Å²) >= 11 is 0. The molecule has 1 aromatic heterocycles. The normalized spacial score (nSPS) is 13.5. The van der Waals surface area contributed by atoms with Crippen LogP contribution >= 0.6 is 0 Å². The van der Waals surface area contributed by atoms with Crippen molar-refractivity contribution in [1.29, 1.82) is 0 Å². The van der Waals surface area contributed by atoms with Gasteiger partial charge in [-0.15, -0.1) is 0 Å². The summed E-state index contributed by atoms with van der Waals surface area (Å²) in [7, 11) is 0. The number of benzene rings is 2. The van der Waals surface area contributed by atoms with Gasteiger partial charge in [-0.2, -0.15) is 5.10 Å². The predicted octanol–water partition coefficient (Wildman–Crippen LogP) is 4.35. The number of nitrogens with two attached hydrogens (primary N) is 2. The van der Waals surface area contributed by atoms with E-state index in [4.69, 9.17) is 11.5 Å². The summed E-state index contributed by atoms with van der Waals surface area (Å²) in [6, 6.07) is 13.9. The van der Waals surface area contributed by atoms with E-state index in [-0.39, 0.29) is 23.2 Å². The zero-order valence-electron chi connectivity index (χ0n) is 18.9. The monoisotopic (exact) mass is 430 g/mol. The lowest BCUT2D eigenvalue weighted by Crippen LogP contribution is -2.15. The van der Waals surface area contributed by atoms with Crippen LogP contribution in [-0.2, 0) is 17.6 Å². The van der Waals surface area contributed by atoms with Crippen LogP contribution in [0.4, 0.5) is 5.82 Å². The fourth-order valence-electron chi connectivity index (χ4n) is 4.28. The Morgan fingerprint density at radius 2 is 1.69 bits per heavy atom. The third-order valence-corrected chi connectivity index (χ3v) is 6.06. The van der Waals surface area contributed by atoms with Crippen molar-refractivity contribution < 1.29 is 9.59 Å². The van der Waals surface area contributed by atoms with Crippen LogP contribution in [0, 0.1) is 6.92 Å². The van der Waals surface area contributed by atoms with Crippen LogP contribution in [0.1, 0.15) is 71.3 Å². The molecule has 1 heterocycles. The highest BCUT2D eigenvalue weighted by atomic mass is 16.1. The average molecular weight is 431 g/mol. The summed E-state index contributed by atoms with van der Waals surface area (Å²) in [5.41, 5.74) is 17.8. The van der Waals surface area contributed by atoms with E-state index in [2.05, 4.69) is 30.2 Å². The molecule has 2 aromatic carbocycles. The zero-order chi connectivity index (χ0) is 23.0. The lowest BCUT2D eigenvalue weighted by molar-refractivity contribution is -0.117. The quantitative estimate of drug-likeness (QED) is 0.554. The molecule has 1 amide bonds. The summed E-state index contributed by atoms with van der Waals surface area (Å²) in [5.74, 6) is 0.550. The molecule has 0 radical (unpaired) electrons. The Morgan fingerprint density at radius 3 is 2.25 bits per heavy atom. The first kappa shape index (κ1) is 21.8. The van der Waals surface area contributed by atoms with E-state index in [0.29, 0.717) is 18.5 Å². The highest BCUT2D eigenvalue weighted by Gasteiger charge is 2.25. The molecule has 0 aliphatic heterocycles. The van der Waals surface area contributed by atoms with E-state index in [1.54, 1.807) is 4.68 Å². The van der Waals surface area contributed by atoms with Crippen molar-refractivity contribution in [2.75, 3.05) is 5.73 Å². The highest BCUT2D eigenvalue weighted by molar-refractivity contribution is 6.03. The number of hydrogen-bond donors (Lipinski definition) is 2. The van der Waals surface area contributed by atoms with Crippen LogP contribution in [0.15, 0.2) is 42.5 Å². The first-order valence-electron chi connectivity index (χ1n) is 11.1. The minimum Gasteiger partial charge on any atom is -0.383 e. The summed E-state index contributed by atoms with van der Waals surface area (Å²) in [6.45, 7) is 6.01. The van der Waals surface area contributed by atoms with Crippen molar-refractivity contribution in [1.82, 2.24) is 9.78 Å². The van der Waals surface area contributed by atoms with Gasteiger partial charge in [0.25, 0.3) is 5.91 Å². The van der Waals surface area contributed by atoms with Gasteiger partial charge < -0.3 is 11.5 Å². The van der Waals surface area contributed by atoms with E-state index in [1.807, 2.05) is 38.1 Å². The molecular weight excluding hydrogens is 400 g/mol. The van der Waals surface area contributed by atoms with Gasteiger partial charge in [-0.1, -0.05) is 42.5 Å². The van der Waals surface area contributed by atoms with Gasteiger partial charge in [0.2, 0.25) is 0 Å². The molecular formula is C26H30N4O2. The summed E-state index contributed by atoms with van der Waals surface area (Å²) < 4.78 is 1.60. The number of hydrogen-bond acceptors (Lipinski definition) is 4. The Labute approximate surface area is 188 Å². The molecule has 0 bridgehead atoms. The molecule has 0 unspecified atom stereocenters. The molecule has 4 rings (SSSR count). The number of carbonyl (C=O) groups excluding carboxylic acids is 2. The highest BCUT2D eigenvalue weighted by Crippen LogP contribution is 2.41. The van der Waals surface area contributed by atoms with Gasteiger partial charge in [0.05, 0.1) is 0 Å². The second-order valence-electron chi connectivity index (χ2n) is 9.07. The largest absolute Gasteiger partial charge is 0.383 e. The smallest absolute Gasteiger partial charge is 0.254 e. The number of rotatable bonds is 8. The summed E-state index contributed by atoms with van der Waals surface area (Å²) in [5, 5.41) is 4.50. The Bertz CT molecular complexity index is 1170. The molecule has 166 valence electrons. The molecule has 1 fully saturated rings. The summed E-state index contributed by atoms with van der Waals surface area (Å²) in [4.78, 5) is 24.6. The molecule has 6 nitrogen and oxygen atoms in total. The SMILES string of the molecule is Cc1cc(CC(=O)Cc2ccc(-c3nn(C(C)C)c(N)c3C(N)=O)cc2)ccc1C1CC1. The van der Waals surface area contributed by atoms with Gasteiger partial charge >= 0.3 is 0 Å². The first-order chi connectivity index (χ1) is 15.2. The van der Waals surface area contributed by atoms with Crippen LogP contribution in [0.25, 0.3) is 11.3 Å². The maximum absolute atomic E-state index is 12.7. The van der Waals surface area contributed by atoms with E-state index in [9.17, 15) is 9.59 Å². The second kappa shape index (κ2) is 8.61. The number of Topliss-reactive ketones (excluding diaryl/α,β-unsaturated/α-hetero) is 1. The van der Waals surface area contributed by atoms with Gasteiger partial charge in [-0.3, -0.25) is 9.59 Å². The zero-order valence-corrected chi connectivity index (χ0v) is 18.9. The molecule has 1 aliphatic carbocycles. The number of ketones is 1. The van der Waals surface area contributed by atoms with Crippen molar-refractivity contribution >= 4 is 17.5 Å². The van der Waals surface area contributed by atoms with Crippen LogP contribution in [0.2, 0.25) is 0 Å². The van der Waals surface area contributed by atoms with Crippen LogP contribution in [-0.4, -0.2) is 21.5 Å². The number of anilines is 1. The molecule has 4 N–H and O–H groups in total. The van der Waals surface area contributed by atoms with Crippen LogP contribution in [0.5, 0.6) is 0 Å². The Hall–Kier alpha value is -3.41. The van der Waals surface area contributed by atoms with Crippen molar-refractivity contribution in [3.8, 4) is 11.3 Å². The fraction of sp³-hybridized carbons (Fsp3) is 0.346. The van der Waals surface area contributed by atoms with Gasteiger partial charge in [-0.05, 0) is 61.8 Å². The number of carbonyl (C=O) groups is 2. The third kappa shape index (κ3) is 4.44. The topological polar surface area (TPSA) is 104 Å². The molecule has 0 atom stereocenters. The molecule has 1 aliphatic rings. The van der Waals surface area contributed by atoms with Crippen molar-refractivity contribution in [2.45, 2.75) is 58.4 Å². The number of nitrogen functional groups attached to an aromatic ring is 1. The Kier molecular flexibility index (Phi) is 5.87. The van der Waals surface area contributed by atoms with Crippen molar-refractivity contribution in [3.05, 3.63) is 70.3 Å². The van der Waals surface area contributed by atoms with Crippen LogP contribution in [0.3, 0.4) is 0 Å². The molecule has 0 saturated heterocycles. The third-order valence-electron chi connectivity index (χ3n) is 6.06. The number of aryl methyl sites for hydroxylation is 1. The van der Waals surface area contributed by atoms with Gasteiger partial charge in [-0.25, -0.2) is 4.68 Å². The summed E-state index contributed by atoms with van der Waals surface area (Å²) in [6.07, 6.45) is 3.34. The molecule has 3 aromatic rings. The first-order valence-corrected chi connectivity index (χ1v) is 11.1.